The first-order valence-corrected chi connectivity index (χ1v) is 10.5. The summed E-state index contributed by atoms with van der Waals surface area (Å²) in [5.41, 5.74) is 2.02. The third kappa shape index (κ3) is 3.86. The highest BCUT2D eigenvalue weighted by molar-refractivity contribution is 7.80. The Kier molecular flexibility index (Phi) is 5.13. The Balaban J connectivity index is 1.53. The maximum Gasteiger partial charge on any atom is 0.207 e. The van der Waals surface area contributed by atoms with Crippen LogP contribution >= 0.6 is 11.3 Å². The van der Waals surface area contributed by atoms with E-state index in [9.17, 15) is 4.21 Å². The number of benzene rings is 2. The molecule has 2 heterocycles. The van der Waals surface area contributed by atoms with Crippen molar-refractivity contribution >= 4 is 33.8 Å². The van der Waals surface area contributed by atoms with Crippen LogP contribution in [0.25, 0.3) is 0 Å². The zero-order valence-electron chi connectivity index (χ0n) is 14.0. The van der Waals surface area contributed by atoms with Gasteiger partial charge in [-0.3, -0.25) is 5.01 Å². The zero-order valence-corrected chi connectivity index (χ0v) is 15.7. The van der Waals surface area contributed by atoms with Crippen LogP contribution in [0, 0.1) is 5.92 Å². The summed E-state index contributed by atoms with van der Waals surface area (Å²) in [5, 5.41) is 8.84. The molecule has 3 aromatic rings. The van der Waals surface area contributed by atoms with Crippen molar-refractivity contribution in [3.8, 4) is 5.75 Å². The number of hydrogen-bond acceptors (Lipinski definition) is 5. The molecule has 0 spiro atoms. The topological polar surface area (TPSA) is 41.9 Å². The minimum absolute atomic E-state index is 0.0541. The summed E-state index contributed by atoms with van der Waals surface area (Å²) in [5.74, 6) is 1.09. The number of nitrogens with zero attached hydrogens (tertiary/aromatic N) is 2. The molecule has 2 atom stereocenters. The molecule has 2 aromatic carbocycles. The fourth-order valence-electron chi connectivity index (χ4n) is 2.90. The van der Waals surface area contributed by atoms with Crippen LogP contribution in [-0.4, -0.2) is 22.2 Å². The van der Waals surface area contributed by atoms with Crippen molar-refractivity contribution in [2.75, 3.05) is 17.3 Å². The van der Waals surface area contributed by atoms with Gasteiger partial charge in [0.15, 0.2) is 0 Å². The molecular formula is C20H18N2O2S2. The first kappa shape index (κ1) is 17.0. The lowest BCUT2D eigenvalue weighted by Gasteiger charge is -2.15. The van der Waals surface area contributed by atoms with E-state index in [0.29, 0.717) is 18.0 Å². The molecule has 0 saturated carbocycles. The minimum Gasteiger partial charge on any atom is -0.401 e. The summed E-state index contributed by atoms with van der Waals surface area (Å²) in [6, 6.07) is 23.4. The van der Waals surface area contributed by atoms with Crippen molar-refractivity contribution in [2.45, 2.75) is 0 Å². The second kappa shape index (κ2) is 7.85. The van der Waals surface area contributed by atoms with Crippen LogP contribution in [-0.2, 0) is 11.1 Å². The molecule has 0 saturated heterocycles. The Morgan fingerprint density at radius 1 is 1.04 bits per heavy atom. The predicted octanol–water partition coefficient (Wildman–Crippen LogP) is 4.33. The highest BCUT2D eigenvalue weighted by atomic mass is 32.2. The van der Waals surface area contributed by atoms with Crippen LogP contribution in [0.3, 0.4) is 0 Å². The molecule has 2 unspecified atom stereocenters. The summed E-state index contributed by atoms with van der Waals surface area (Å²) in [4.78, 5) is 1.12. The summed E-state index contributed by atoms with van der Waals surface area (Å²) in [7, 11) is 0. The van der Waals surface area contributed by atoms with Crippen molar-refractivity contribution < 1.29 is 8.39 Å². The Hall–Kier alpha value is -2.44. The molecule has 0 bridgehead atoms. The van der Waals surface area contributed by atoms with Gasteiger partial charge in [0.1, 0.15) is 5.75 Å². The predicted molar refractivity (Wildman–Crippen MR) is 108 cm³/mol. The van der Waals surface area contributed by atoms with E-state index < -0.39 is 11.1 Å². The number of rotatable bonds is 6. The van der Waals surface area contributed by atoms with Gasteiger partial charge in [0.2, 0.25) is 11.1 Å². The van der Waals surface area contributed by atoms with E-state index >= 15 is 0 Å². The first-order chi connectivity index (χ1) is 12.8. The van der Waals surface area contributed by atoms with Gasteiger partial charge in [-0.05, 0) is 35.7 Å². The molecular weight excluding hydrogens is 364 g/mol. The highest BCUT2D eigenvalue weighted by Crippen LogP contribution is 2.28. The van der Waals surface area contributed by atoms with Crippen LogP contribution < -0.4 is 9.19 Å². The van der Waals surface area contributed by atoms with Crippen LogP contribution in [0.2, 0.25) is 0 Å². The van der Waals surface area contributed by atoms with E-state index in [0.717, 1.165) is 16.3 Å². The van der Waals surface area contributed by atoms with E-state index in [1.54, 1.807) is 11.3 Å². The molecule has 0 radical (unpaired) electrons. The average Bonchev–Trinajstić information content (AvgIpc) is 3.33. The van der Waals surface area contributed by atoms with Crippen LogP contribution in [0.15, 0.2) is 83.3 Å². The number of hydrazone groups is 1. The lowest BCUT2D eigenvalue weighted by molar-refractivity contribution is 0.555. The summed E-state index contributed by atoms with van der Waals surface area (Å²) < 4.78 is 18.1. The molecule has 1 aliphatic heterocycles. The second-order valence-electron chi connectivity index (χ2n) is 5.94. The van der Waals surface area contributed by atoms with Gasteiger partial charge in [-0.15, -0.1) is 11.3 Å². The van der Waals surface area contributed by atoms with Crippen molar-refractivity contribution in [1.82, 2.24) is 0 Å². The standard InChI is InChI=1S/C20H18N2O2S2/c23-26(24-18-10-5-2-6-11-18)15-16-14-22(17-8-3-1-4-9-17)21-20(16)19-12-7-13-25-19/h1-13,16H,14-15H2. The maximum absolute atomic E-state index is 12.5. The van der Waals surface area contributed by atoms with E-state index in [4.69, 9.17) is 9.28 Å². The Morgan fingerprint density at radius 2 is 1.77 bits per heavy atom. The summed E-state index contributed by atoms with van der Waals surface area (Å²) in [6.45, 7) is 0.696. The molecule has 0 N–H and O–H groups in total. The van der Waals surface area contributed by atoms with Gasteiger partial charge in [-0.25, -0.2) is 4.21 Å². The maximum atomic E-state index is 12.5. The van der Waals surface area contributed by atoms with Crippen molar-refractivity contribution in [1.29, 1.82) is 0 Å². The molecule has 6 heteroatoms. The molecule has 1 aromatic heterocycles. The number of anilines is 1. The van der Waals surface area contributed by atoms with Crippen LogP contribution in [0.4, 0.5) is 5.69 Å². The minimum atomic E-state index is -1.42. The summed E-state index contributed by atoms with van der Waals surface area (Å²) in [6.07, 6.45) is 0. The third-order valence-electron chi connectivity index (χ3n) is 4.11. The average molecular weight is 383 g/mol. The SMILES string of the molecule is O=S(CC1CN(c2ccccc2)N=C1c1cccs1)Oc1ccccc1. The van der Waals surface area contributed by atoms with E-state index in [-0.39, 0.29) is 5.92 Å². The van der Waals surface area contributed by atoms with E-state index in [1.807, 2.05) is 77.1 Å². The fraction of sp³-hybridized carbons (Fsp3) is 0.150. The van der Waals surface area contributed by atoms with Gasteiger partial charge >= 0.3 is 0 Å². The van der Waals surface area contributed by atoms with Gasteiger partial charge in [0, 0.05) is 5.92 Å². The van der Waals surface area contributed by atoms with Crippen molar-refractivity contribution in [2.24, 2.45) is 11.0 Å². The van der Waals surface area contributed by atoms with Gasteiger partial charge < -0.3 is 4.18 Å². The van der Waals surface area contributed by atoms with Gasteiger partial charge in [0.25, 0.3) is 0 Å². The molecule has 1 aliphatic rings. The largest absolute Gasteiger partial charge is 0.401 e. The van der Waals surface area contributed by atoms with Gasteiger partial charge in [0.05, 0.1) is 28.6 Å². The Morgan fingerprint density at radius 3 is 2.46 bits per heavy atom. The third-order valence-corrected chi connectivity index (χ3v) is 6.05. The Labute approximate surface area is 159 Å². The number of thiophene rings is 1. The normalized spacial score (nSPS) is 17.8. The van der Waals surface area contributed by atoms with Gasteiger partial charge in [-0.2, -0.15) is 5.10 Å². The van der Waals surface area contributed by atoms with Crippen molar-refractivity contribution in [3.05, 3.63) is 83.1 Å². The van der Waals surface area contributed by atoms with Gasteiger partial charge in [-0.1, -0.05) is 42.5 Å². The molecule has 26 heavy (non-hydrogen) atoms. The summed E-state index contributed by atoms with van der Waals surface area (Å²) >= 11 is 0.238. The van der Waals surface area contributed by atoms with E-state index in [1.165, 1.54) is 0 Å². The molecule has 132 valence electrons. The number of hydrogen-bond donors (Lipinski definition) is 0. The molecule has 0 fully saturated rings. The lowest BCUT2D eigenvalue weighted by Crippen LogP contribution is -2.26. The fourth-order valence-corrected chi connectivity index (χ4v) is 4.67. The molecule has 4 nitrogen and oxygen atoms in total. The highest BCUT2D eigenvalue weighted by Gasteiger charge is 2.31. The zero-order chi connectivity index (χ0) is 17.8. The number of para-hydroxylation sites is 2. The molecule has 0 amide bonds. The monoisotopic (exact) mass is 382 g/mol. The van der Waals surface area contributed by atoms with Crippen LogP contribution in [0.5, 0.6) is 5.75 Å². The van der Waals surface area contributed by atoms with Crippen LogP contribution in [0.1, 0.15) is 4.88 Å². The first-order valence-electron chi connectivity index (χ1n) is 8.36. The van der Waals surface area contributed by atoms with Crippen molar-refractivity contribution in [3.63, 3.8) is 0 Å². The lowest BCUT2D eigenvalue weighted by atomic mass is 10.1. The Bertz CT molecular complexity index is 896. The van der Waals surface area contributed by atoms with E-state index in [2.05, 4.69) is 6.07 Å². The molecule has 4 rings (SSSR count). The quantitative estimate of drug-likeness (QED) is 0.637. The smallest absolute Gasteiger partial charge is 0.207 e. The second-order valence-corrected chi connectivity index (χ2v) is 8.00. The molecule has 0 aliphatic carbocycles.